The molecule has 1 aromatic heterocycles. The molecule has 0 bridgehead atoms. The Balaban J connectivity index is 1.73. The number of piperidine rings is 1. The number of nitrogens with zero attached hydrogens (tertiary/aromatic N) is 2. The van der Waals surface area contributed by atoms with Gasteiger partial charge in [0.15, 0.2) is 0 Å². The van der Waals surface area contributed by atoms with Crippen molar-refractivity contribution in [3.05, 3.63) is 23.5 Å². The van der Waals surface area contributed by atoms with Gasteiger partial charge >= 0.3 is 0 Å². The molecule has 1 N–H and O–H groups in total. The average Bonchev–Trinajstić information content (AvgIpc) is 2.95. The van der Waals surface area contributed by atoms with Crippen molar-refractivity contribution in [3.63, 3.8) is 0 Å². The molecular formula is C18H29N3. The number of rotatable bonds is 4. The second kappa shape index (κ2) is 6.35. The summed E-state index contributed by atoms with van der Waals surface area (Å²) in [4.78, 5) is 7.09. The Bertz CT molecular complexity index is 467. The van der Waals surface area contributed by atoms with Crippen LogP contribution in [0.15, 0.2) is 12.3 Å². The smallest absolute Gasteiger partial charge is 0.0445 e. The SMILES string of the molecule is CCNCc1cnc(C)cc1N1CCC2(CCCC2)CC1. The minimum Gasteiger partial charge on any atom is -0.371 e. The largest absolute Gasteiger partial charge is 0.371 e. The lowest BCUT2D eigenvalue weighted by molar-refractivity contribution is 0.226. The Morgan fingerprint density at radius 2 is 1.90 bits per heavy atom. The number of pyridine rings is 1. The fourth-order valence-corrected chi connectivity index (χ4v) is 4.11. The fraction of sp³-hybridized carbons (Fsp3) is 0.722. The van der Waals surface area contributed by atoms with Crippen molar-refractivity contribution in [2.24, 2.45) is 5.41 Å². The molecule has 1 aliphatic heterocycles. The van der Waals surface area contributed by atoms with E-state index in [1.807, 2.05) is 0 Å². The maximum Gasteiger partial charge on any atom is 0.0445 e. The fourth-order valence-electron chi connectivity index (χ4n) is 4.11. The third kappa shape index (κ3) is 3.23. The van der Waals surface area contributed by atoms with E-state index in [1.165, 1.54) is 62.9 Å². The summed E-state index contributed by atoms with van der Waals surface area (Å²) < 4.78 is 0. The first kappa shape index (κ1) is 14.8. The van der Waals surface area contributed by atoms with Gasteiger partial charge in [-0.15, -0.1) is 0 Å². The summed E-state index contributed by atoms with van der Waals surface area (Å²) >= 11 is 0. The van der Waals surface area contributed by atoms with Crippen LogP contribution in [0.4, 0.5) is 5.69 Å². The van der Waals surface area contributed by atoms with Gasteiger partial charge in [-0.25, -0.2) is 0 Å². The number of hydrogen-bond donors (Lipinski definition) is 1. The Kier molecular flexibility index (Phi) is 4.48. The summed E-state index contributed by atoms with van der Waals surface area (Å²) in [5.74, 6) is 0. The quantitative estimate of drug-likeness (QED) is 0.916. The Morgan fingerprint density at radius 1 is 1.19 bits per heavy atom. The zero-order valence-corrected chi connectivity index (χ0v) is 13.6. The van der Waals surface area contributed by atoms with Gasteiger partial charge in [0.05, 0.1) is 0 Å². The molecule has 0 unspecified atom stereocenters. The molecule has 0 atom stereocenters. The first-order valence-electron chi connectivity index (χ1n) is 8.64. The number of aryl methyl sites for hydroxylation is 1. The van der Waals surface area contributed by atoms with Crippen LogP contribution in [0.5, 0.6) is 0 Å². The maximum atomic E-state index is 4.49. The van der Waals surface area contributed by atoms with Gasteiger partial charge in [0.25, 0.3) is 0 Å². The number of hydrogen-bond acceptors (Lipinski definition) is 3. The topological polar surface area (TPSA) is 28.2 Å². The van der Waals surface area contributed by atoms with Crippen LogP contribution >= 0.6 is 0 Å². The maximum absolute atomic E-state index is 4.49. The van der Waals surface area contributed by atoms with Gasteiger partial charge in [-0.2, -0.15) is 0 Å². The first-order chi connectivity index (χ1) is 10.2. The third-order valence-electron chi connectivity index (χ3n) is 5.49. The number of anilines is 1. The van der Waals surface area contributed by atoms with Crippen LogP contribution in [-0.2, 0) is 6.54 Å². The van der Waals surface area contributed by atoms with Crippen LogP contribution in [0, 0.1) is 12.3 Å². The molecule has 3 nitrogen and oxygen atoms in total. The highest BCUT2D eigenvalue weighted by molar-refractivity contribution is 5.54. The standard InChI is InChI=1S/C18H29N3/c1-3-19-13-16-14-20-15(2)12-17(16)21-10-8-18(9-11-21)6-4-5-7-18/h12,14,19H,3-11,13H2,1-2H3. The monoisotopic (exact) mass is 287 g/mol. The lowest BCUT2D eigenvalue weighted by Crippen LogP contribution is -2.39. The van der Waals surface area contributed by atoms with Gasteiger partial charge < -0.3 is 10.2 Å². The molecule has 3 heteroatoms. The molecule has 116 valence electrons. The molecule has 1 saturated carbocycles. The second-order valence-corrected chi connectivity index (χ2v) is 6.93. The summed E-state index contributed by atoms with van der Waals surface area (Å²) in [5, 5.41) is 3.45. The summed E-state index contributed by atoms with van der Waals surface area (Å²) in [6.45, 7) is 8.65. The molecule has 1 aliphatic carbocycles. The van der Waals surface area contributed by atoms with Crippen LogP contribution in [0.3, 0.4) is 0 Å². The van der Waals surface area contributed by atoms with E-state index in [0.717, 1.165) is 18.8 Å². The average molecular weight is 287 g/mol. The van der Waals surface area contributed by atoms with Crippen LogP contribution in [0.25, 0.3) is 0 Å². The predicted molar refractivity (Wildman–Crippen MR) is 88.7 cm³/mol. The summed E-state index contributed by atoms with van der Waals surface area (Å²) in [6.07, 6.45) is 10.7. The molecular weight excluding hydrogens is 258 g/mol. The lowest BCUT2D eigenvalue weighted by atomic mass is 9.77. The number of aromatic nitrogens is 1. The van der Waals surface area contributed by atoms with Crippen molar-refractivity contribution >= 4 is 5.69 Å². The van der Waals surface area contributed by atoms with Gasteiger partial charge in [-0.05, 0) is 50.6 Å². The summed E-state index contributed by atoms with van der Waals surface area (Å²) in [7, 11) is 0. The number of nitrogens with one attached hydrogen (secondary N) is 1. The highest BCUT2D eigenvalue weighted by Gasteiger charge is 2.37. The van der Waals surface area contributed by atoms with Crippen LogP contribution in [0.2, 0.25) is 0 Å². The minimum atomic E-state index is 0.695. The minimum absolute atomic E-state index is 0.695. The highest BCUT2D eigenvalue weighted by Crippen LogP contribution is 2.46. The first-order valence-corrected chi connectivity index (χ1v) is 8.64. The van der Waals surface area contributed by atoms with E-state index >= 15 is 0 Å². The Labute approximate surface area is 129 Å². The molecule has 0 radical (unpaired) electrons. The van der Waals surface area contributed by atoms with Gasteiger partial charge in [-0.3, -0.25) is 4.98 Å². The van der Waals surface area contributed by atoms with Gasteiger partial charge in [-0.1, -0.05) is 19.8 Å². The van der Waals surface area contributed by atoms with Crippen molar-refractivity contribution in [1.82, 2.24) is 10.3 Å². The van der Waals surface area contributed by atoms with Crippen molar-refractivity contribution < 1.29 is 0 Å². The van der Waals surface area contributed by atoms with Crippen LogP contribution < -0.4 is 10.2 Å². The van der Waals surface area contributed by atoms with E-state index in [2.05, 4.69) is 41.3 Å². The predicted octanol–water partition coefficient (Wildman–Crippen LogP) is 3.66. The zero-order valence-electron chi connectivity index (χ0n) is 13.6. The Morgan fingerprint density at radius 3 is 2.57 bits per heavy atom. The van der Waals surface area contributed by atoms with E-state index in [-0.39, 0.29) is 0 Å². The van der Waals surface area contributed by atoms with E-state index in [1.54, 1.807) is 0 Å². The highest BCUT2D eigenvalue weighted by atomic mass is 15.1. The van der Waals surface area contributed by atoms with Crippen molar-refractivity contribution in [1.29, 1.82) is 0 Å². The molecule has 2 heterocycles. The van der Waals surface area contributed by atoms with E-state index in [0.29, 0.717) is 5.41 Å². The van der Waals surface area contributed by atoms with Crippen molar-refractivity contribution in [3.8, 4) is 0 Å². The van der Waals surface area contributed by atoms with Gasteiger partial charge in [0.1, 0.15) is 0 Å². The molecule has 1 spiro atoms. The van der Waals surface area contributed by atoms with E-state index in [4.69, 9.17) is 0 Å². The lowest BCUT2D eigenvalue weighted by Gasteiger charge is -2.41. The zero-order chi connectivity index (χ0) is 14.7. The molecule has 0 aromatic carbocycles. The molecule has 21 heavy (non-hydrogen) atoms. The third-order valence-corrected chi connectivity index (χ3v) is 5.49. The summed E-state index contributed by atoms with van der Waals surface area (Å²) in [6, 6.07) is 2.28. The van der Waals surface area contributed by atoms with Crippen LogP contribution in [-0.4, -0.2) is 24.6 Å². The molecule has 3 rings (SSSR count). The van der Waals surface area contributed by atoms with Crippen LogP contribution in [0.1, 0.15) is 56.7 Å². The summed E-state index contributed by atoms with van der Waals surface area (Å²) in [5.41, 5.74) is 4.59. The van der Waals surface area contributed by atoms with E-state index in [9.17, 15) is 0 Å². The Hall–Kier alpha value is -1.09. The van der Waals surface area contributed by atoms with Crippen molar-refractivity contribution in [2.45, 2.75) is 58.9 Å². The van der Waals surface area contributed by atoms with Gasteiger partial charge in [0, 0.05) is 42.8 Å². The second-order valence-electron chi connectivity index (χ2n) is 6.93. The molecule has 1 aromatic rings. The molecule has 0 amide bonds. The molecule has 1 saturated heterocycles. The normalized spacial score (nSPS) is 21.1. The van der Waals surface area contributed by atoms with Crippen molar-refractivity contribution in [2.75, 3.05) is 24.5 Å². The van der Waals surface area contributed by atoms with E-state index < -0.39 is 0 Å². The molecule has 2 aliphatic rings. The molecule has 2 fully saturated rings. The van der Waals surface area contributed by atoms with Gasteiger partial charge in [0.2, 0.25) is 0 Å².